The minimum absolute atomic E-state index is 0.369. The van der Waals surface area contributed by atoms with Gasteiger partial charge in [-0.2, -0.15) is 0 Å². The molecule has 4 rings (SSSR count). The predicted octanol–water partition coefficient (Wildman–Crippen LogP) is 6.05. The number of aliphatic hydroxyl groups is 1. The molecule has 0 heterocycles. The molecule has 0 saturated heterocycles. The monoisotopic (exact) mass is 332 g/mol. The Labute approximate surface area is 150 Å². The van der Waals surface area contributed by atoms with E-state index in [9.17, 15) is 5.11 Å². The predicted molar refractivity (Wildman–Crippen MR) is 101 cm³/mol. The molecule has 0 aromatic carbocycles. The minimum Gasteiger partial charge on any atom is -0.390 e. The van der Waals surface area contributed by atoms with Crippen molar-refractivity contribution in [2.24, 2.45) is 46.8 Å². The topological polar surface area (TPSA) is 20.2 Å². The molecule has 0 radical (unpaired) electrons. The van der Waals surface area contributed by atoms with E-state index in [2.05, 4.69) is 27.7 Å². The number of hydrogen-bond acceptors (Lipinski definition) is 1. The molecule has 1 N–H and O–H groups in total. The zero-order valence-electron chi connectivity index (χ0n) is 16.6. The average molecular weight is 333 g/mol. The first kappa shape index (κ1) is 17.4. The fourth-order valence-electron chi connectivity index (χ4n) is 8.34. The van der Waals surface area contributed by atoms with E-state index < -0.39 is 0 Å². The van der Waals surface area contributed by atoms with Crippen molar-refractivity contribution >= 4 is 0 Å². The molecule has 0 bridgehead atoms. The molecule has 24 heavy (non-hydrogen) atoms. The molecule has 7 unspecified atom stereocenters. The molecule has 1 heteroatoms. The summed E-state index contributed by atoms with van der Waals surface area (Å²) in [7, 11) is 0. The molecule has 0 spiro atoms. The van der Waals surface area contributed by atoms with Gasteiger partial charge in [-0.15, -0.1) is 0 Å². The molecule has 0 aromatic heterocycles. The van der Waals surface area contributed by atoms with Gasteiger partial charge in [0.2, 0.25) is 0 Å². The standard InChI is InChI=1S/C23H40O/c1-5-15(2)20-8-9-21-19-7-6-16-14-22(3,24)12-10-17(16)18(19)11-13-23(20,21)4/h15-21,24H,5-14H2,1-4H3/t15-,16?,17?,18?,19?,20?,21?,22-,23?/m1/s1. The van der Waals surface area contributed by atoms with Crippen LogP contribution in [0.3, 0.4) is 0 Å². The zero-order valence-corrected chi connectivity index (χ0v) is 16.6. The molecule has 4 aliphatic rings. The van der Waals surface area contributed by atoms with E-state index in [4.69, 9.17) is 0 Å². The highest BCUT2D eigenvalue weighted by atomic mass is 16.3. The average Bonchev–Trinajstić information content (AvgIpc) is 2.90. The second-order valence-electron chi connectivity index (χ2n) is 10.8. The van der Waals surface area contributed by atoms with Gasteiger partial charge in [-0.05, 0) is 112 Å². The summed E-state index contributed by atoms with van der Waals surface area (Å²) in [5.41, 5.74) is 0.274. The smallest absolute Gasteiger partial charge is 0.0622 e. The highest BCUT2D eigenvalue weighted by molar-refractivity contribution is 5.07. The Bertz CT molecular complexity index is 469. The number of rotatable bonds is 2. The molecule has 1 nitrogen and oxygen atoms in total. The summed E-state index contributed by atoms with van der Waals surface area (Å²) in [6.45, 7) is 9.67. The van der Waals surface area contributed by atoms with Gasteiger partial charge in [-0.3, -0.25) is 0 Å². The first-order chi connectivity index (χ1) is 11.4. The van der Waals surface area contributed by atoms with Gasteiger partial charge in [0.15, 0.2) is 0 Å². The van der Waals surface area contributed by atoms with E-state index in [1.54, 1.807) is 0 Å². The summed E-state index contributed by atoms with van der Waals surface area (Å²) in [6, 6.07) is 0. The molecule has 4 saturated carbocycles. The van der Waals surface area contributed by atoms with Crippen molar-refractivity contribution in [3.8, 4) is 0 Å². The Balaban J connectivity index is 1.53. The van der Waals surface area contributed by atoms with Gasteiger partial charge in [0.05, 0.1) is 5.60 Å². The van der Waals surface area contributed by atoms with E-state index in [-0.39, 0.29) is 5.60 Å². The Morgan fingerprint density at radius 1 is 0.917 bits per heavy atom. The third-order valence-electron chi connectivity index (χ3n) is 9.64. The van der Waals surface area contributed by atoms with Crippen molar-refractivity contribution in [1.29, 1.82) is 0 Å². The quantitative estimate of drug-likeness (QED) is 0.652. The van der Waals surface area contributed by atoms with Crippen molar-refractivity contribution in [3.63, 3.8) is 0 Å². The third-order valence-corrected chi connectivity index (χ3v) is 9.64. The molecule has 0 aromatic rings. The van der Waals surface area contributed by atoms with Crippen LogP contribution in [-0.4, -0.2) is 10.7 Å². The summed E-state index contributed by atoms with van der Waals surface area (Å²) in [5, 5.41) is 10.5. The summed E-state index contributed by atoms with van der Waals surface area (Å²) in [4.78, 5) is 0. The van der Waals surface area contributed by atoms with E-state index in [0.29, 0.717) is 5.41 Å². The van der Waals surface area contributed by atoms with Crippen LogP contribution in [0.2, 0.25) is 0 Å². The van der Waals surface area contributed by atoms with Crippen LogP contribution >= 0.6 is 0 Å². The van der Waals surface area contributed by atoms with Crippen LogP contribution in [0.5, 0.6) is 0 Å². The lowest BCUT2D eigenvalue weighted by Gasteiger charge is -2.57. The minimum atomic E-state index is -0.369. The van der Waals surface area contributed by atoms with Crippen LogP contribution in [0.4, 0.5) is 0 Å². The summed E-state index contributed by atoms with van der Waals surface area (Å²) in [5.74, 6) is 6.69. The van der Waals surface area contributed by atoms with E-state index in [0.717, 1.165) is 54.3 Å². The highest BCUT2D eigenvalue weighted by Gasteiger charge is 2.57. The first-order valence-corrected chi connectivity index (χ1v) is 11.1. The lowest BCUT2D eigenvalue weighted by atomic mass is 9.48. The maximum Gasteiger partial charge on any atom is 0.0622 e. The lowest BCUT2D eigenvalue weighted by molar-refractivity contribution is -0.102. The molecular formula is C23H40O. The van der Waals surface area contributed by atoms with Gasteiger partial charge < -0.3 is 5.11 Å². The maximum absolute atomic E-state index is 10.5. The molecule has 4 aliphatic carbocycles. The third kappa shape index (κ3) is 2.60. The van der Waals surface area contributed by atoms with Gasteiger partial charge in [0, 0.05) is 0 Å². The van der Waals surface area contributed by atoms with Crippen molar-refractivity contribution in [3.05, 3.63) is 0 Å². The van der Waals surface area contributed by atoms with Crippen molar-refractivity contribution in [2.75, 3.05) is 0 Å². The van der Waals surface area contributed by atoms with E-state index >= 15 is 0 Å². The van der Waals surface area contributed by atoms with Crippen LogP contribution in [0.25, 0.3) is 0 Å². The fourth-order valence-corrected chi connectivity index (χ4v) is 8.34. The normalized spacial score (nSPS) is 55.4. The Morgan fingerprint density at radius 2 is 1.67 bits per heavy atom. The van der Waals surface area contributed by atoms with Gasteiger partial charge >= 0.3 is 0 Å². The Hall–Kier alpha value is -0.0400. The maximum atomic E-state index is 10.5. The van der Waals surface area contributed by atoms with E-state index in [1.165, 1.54) is 51.4 Å². The van der Waals surface area contributed by atoms with Crippen LogP contribution < -0.4 is 0 Å². The Morgan fingerprint density at radius 3 is 2.42 bits per heavy atom. The summed E-state index contributed by atoms with van der Waals surface area (Å²) >= 11 is 0. The molecule has 4 fully saturated rings. The van der Waals surface area contributed by atoms with E-state index in [1.807, 2.05) is 0 Å². The molecule has 0 aliphatic heterocycles. The second-order valence-corrected chi connectivity index (χ2v) is 10.8. The second kappa shape index (κ2) is 6.00. The van der Waals surface area contributed by atoms with Crippen molar-refractivity contribution in [1.82, 2.24) is 0 Å². The number of fused-ring (bicyclic) bond motifs is 5. The molecular weight excluding hydrogens is 292 g/mol. The number of hydrogen-bond donors (Lipinski definition) is 1. The molecule has 138 valence electrons. The lowest BCUT2D eigenvalue weighted by Crippen LogP contribution is -2.50. The summed E-state index contributed by atoms with van der Waals surface area (Å²) < 4.78 is 0. The van der Waals surface area contributed by atoms with Gasteiger partial charge in [-0.1, -0.05) is 27.2 Å². The highest BCUT2D eigenvalue weighted by Crippen LogP contribution is 2.65. The van der Waals surface area contributed by atoms with Crippen molar-refractivity contribution < 1.29 is 5.11 Å². The largest absolute Gasteiger partial charge is 0.390 e. The van der Waals surface area contributed by atoms with Crippen LogP contribution in [0, 0.1) is 46.8 Å². The first-order valence-electron chi connectivity index (χ1n) is 11.1. The molecule has 0 amide bonds. The van der Waals surface area contributed by atoms with Gasteiger partial charge in [-0.25, -0.2) is 0 Å². The van der Waals surface area contributed by atoms with Crippen LogP contribution in [-0.2, 0) is 0 Å². The van der Waals surface area contributed by atoms with Gasteiger partial charge in [0.25, 0.3) is 0 Å². The fraction of sp³-hybridized carbons (Fsp3) is 1.00. The van der Waals surface area contributed by atoms with Crippen LogP contribution in [0.15, 0.2) is 0 Å². The summed E-state index contributed by atoms with van der Waals surface area (Å²) in [6.07, 6.45) is 13.7. The van der Waals surface area contributed by atoms with Crippen LogP contribution in [0.1, 0.15) is 91.9 Å². The molecule has 9 atom stereocenters. The SMILES string of the molecule is CC[C@@H](C)C1CCC2C3CCC4C[C@](C)(O)CCC4C3CCC21C. The Kier molecular flexibility index (Phi) is 4.34. The zero-order chi connectivity index (χ0) is 17.1. The van der Waals surface area contributed by atoms with Crippen molar-refractivity contribution in [2.45, 2.75) is 97.5 Å². The van der Waals surface area contributed by atoms with Gasteiger partial charge in [0.1, 0.15) is 0 Å².